The van der Waals surface area contributed by atoms with E-state index in [1.54, 1.807) is 24.3 Å². The van der Waals surface area contributed by atoms with Gasteiger partial charge < -0.3 is 10.1 Å². The van der Waals surface area contributed by atoms with E-state index in [0.717, 1.165) is 12.0 Å². The Bertz CT molecular complexity index is 936. The molecule has 0 bridgehead atoms. The van der Waals surface area contributed by atoms with Crippen molar-refractivity contribution in [3.8, 4) is 5.75 Å². The quantitative estimate of drug-likeness (QED) is 0.546. The number of rotatable bonds is 10. The Morgan fingerprint density at radius 3 is 2.61 bits per heavy atom. The Labute approximate surface area is 189 Å². The lowest BCUT2D eigenvalue weighted by atomic mass is 9.99. The van der Waals surface area contributed by atoms with Gasteiger partial charge in [0.1, 0.15) is 12.4 Å². The minimum Gasteiger partial charge on any atom is -0.492 e. The molecule has 8 heteroatoms. The van der Waals surface area contributed by atoms with E-state index in [1.807, 2.05) is 30.3 Å². The van der Waals surface area contributed by atoms with Gasteiger partial charge in [-0.3, -0.25) is 4.79 Å². The molecule has 0 radical (unpaired) electrons. The predicted octanol–water partition coefficient (Wildman–Crippen LogP) is 3.51. The van der Waals surface area contributed by atoms with E-state index in [2.05, 4.69) is 5.32 Å². The number of ether oxygens (including phenoxy) is 1. The molecule has 31 heavy (non-hydrogen) atoms. The van der Waals surface area contributed by atoms with Gasteiger partial charge in [-0.1, -0.05) is 41.9 Å². The summed E-state index contributed by atoms with van der Waals surface area (Å²) in [5, 5.41) is 3.50. The van der Waals surface area contributed by atoms with Crippen LogP contribution in [0.3, 0.4) is 0 Å². The first-order valence-electron chi connectivity index (χ1n) is 10.6. The number of benzene rings is 2. The van der Waals surface area contributed by atoms with Gasteiger partial charge in [-0.05, 0) is 55.5 Å². The molecule has 1 atom stereocenters. The van der Waals surface area contributed by atoms with Gasteiger partial charge in [0, 0.05) is 18.1 Å². The lowest BCUT2D eigenvalue weighted by Crippen LogP contribution is -2.46. The number of piperidine rings is 1. The molecule has 0 spiro atoms. The van der Waals surface area contributed by atoms with Gasteiger partial charge in [0.15, 0.2) is 0 Å². The molecule has 1 amide bonds. The van der Waals surface area contributed by atoms with Crippen molar-refractivity contribution < 1.29 is 17.9 Å². The summed E-state index contributed by atoms with van der Waals surface area (Å²) in [6.07, 6.45) is 2.68. The Morgan fingerprint density at radius 2 is 1.87 bits per heavy atom. The van der Waals surface area contributed by atoms with E-state index in [0.29, 0.717) is 49.7 Å². The Balaban J connectivity index is 1.40. The molecule has 0 aromatic heterocycles. The van der Waals surface area contributed by atoms with E-state index in [1.165, 1.54) is 4.31 Å². The molecule has 1 saturated heterocycles. The molecular formula is C23H29ClN2O4S. The fourth-order valence-corrected chi connectivity index (χ4v) is 5.37. The smallest absolute Gasteiger partial charge is 0.224 e. The SMILES string of the molecule is O=C(NCCOc1ccc(Cl)cc1)[C@@H]1CCCN(S(=O)(=O)CCCc2ccccc2)C1. The minimum atomic E-state index is -3.37. The van der Waals surface area contributed by atoms with Crippen LogP contribution in [-0.4, -0.2) is 50.6 Å². The highest BCUT2D eigenvalue weighted by molar-refractivity contribution is 7.89. The highest BCUT2D eigenvalue weighted by Crippen LogP contribution is 2.20. The van der Waals surface area contributed by atoms with Crippen LogP contribution in [0.2, 0.25) is 5.02 Å². The zero-order valence-electron chi connectivity index (χ0n) is 17.5. The predicted molar refractivity (Wildman–Crippen MR) is 123 cm³/mol. The number of hydrogen-bond acceptors (Lipinski definition) is 4. The van der Waals surface area contributed by atoms with Crippen LogP contribution >= 0.6 is 11.6 Å². The van der Waals surface area contributed by atoms with Crippen LogP contribution in [0.15, 0.2) is 54.6 Å². The van der Waals surface area contributed by atoms with Gasteiger partial charge in [-0.15, -0.1) is 0 Å². The van der Waals surface area contributed by atoms with Gasteiger partial charge in [0.05, 0.1) is 18.2 Å². The molecule has 1 N–H and O–H groups in total. The van der Waals surface area contributed by atoms with Gasteiger partial charge >= 0.3 is 0 Å². The topological polar surface area (TPSA) is 75.7 Å². The van der Waals surface area contributed by atoms with Crippen molar-refractivity contribution in [2.75, 3.05) is 32.0 Å². The number of hydrogen-bond donors (Lipinski definition) is 1. The standard InChI is InChI=1S/C23H29ClN2O4S/c24-21-10-12-22(13-11-21)30-16-14-25-23(27)20-9-4-15-26(18-20)31(28,29)17-5-8-19-6-2-1-3-7-19/h1-3,6-7,10-13,20H,4-5,8-9,14-18H2,(H,25,27)/t20-/m1/s1. The van der Waals surface area contributed by atoms with Crippen molar-refractivity contribution in [3.05, 3.63) is 65.2 Å². The molecule has 3 rings (SSSR count). The van der Waals surface area contributed by atoms with E-state index >= 15 is 0 Å². The molecule has 1 aliphatic rings. The minimum absolute atomic E-state index is 0.102. The molecular weight excluding hydrogens is 436 g/mol. The first-order chi connectivity index (χ1) is 14.9. The van der Waals surface area contributed by atoms with Crippen molar-refractivity contribution >= 4 is 27.5 Å². The molecule has 2 aromatic rings. The van der Waals surface area contributed by atoms with Crippen molar-refractivity contribution in [1.82, 2.24) is 9.62 Å². The summed E-state index contributed by atoms with van der Waals surface area (Å²) < 4.78 is 32.6. The van der Waals surface area contributed by atoms with E-state index in [4.69, 9.17) is 16.3 Å². The number of carbonyl (C=O) groups excluding carboxylic acids is 1. The second-order valence-corrected chi connectivity index (χ2v) is 10.2. The number of sulfonamides is 1. The summed E-state index contributed by atoms with van der Waals surface area (Å²) in [6.45, 7) is 1.43. The number of carbonyl (C=O) groups is 1. The maximum atomic E-state index is 12.7. The second-order valence-electron chi connectivity index (χ2n) is 7.70. The molecule has 1 aliphatic heterocycles. The molecule has 1 fully saturated rings. The fraction of sp³-hybridized carbons (Fsp3) is 0.435. The molecule has 2 aromatic carbocycles. The highest BCUT2D eigenvalue weighted by Gasteiger charge is 2.31. The van der Waals surface area contributed by atoms with Crippen LogP contribution in [0, 0.1) is 5.92 Å². The lowest BCUT2D eigenvalue weighted by Gasteiger charge is -2.31. The van der Waals surface area contributed by atoms with Gasteiger partial charge in [-0.2, -0.15) is 0 Å². The monoisotopic (exact) mass is 464 g/mol. The molecule has 0 aliphatic carbocycles. The first kappa shape index (κ1) is 23.6. The highest BCUT2D eigenvalue weighted by atomic mass is 35.5. The zero-order chi connectivity index (χ0) is 22.1. The lowest BCUT2D eigenvalue weighted by molar-refractivity contribution is -0.126. The molecule has 0 saturated carbocycles. The average molecular weight is 465 g/mol. The maximum Gasteiger partial charge on any atom is 0.224 e. The number of nitrogens with one attached hydrogen (secondary N) is 1. The first-order valence-corrected chi connectivity index (χ1v) is 12.6. The Hall–Kier alpha value is -2.09. The van der Waals surface area contributed by atoms with E-state index < -0.39 is 10.0 Å². The summed E-state index contributed by atoms with van der Waals surface area (Å²) in [7, 11) is -3.37. The molecule has 0 unspecified atom stereocenters. The third-order valence-electron chi connectivity index (χ3n) is 5.34. The van der Waals surface area contributed by atoms with Crippen molar-refractivity contribution in [1.29, 1.82) is 0 Å². The largest absolute Gasteiger partial charge is 0.492 e. The maximum absolute atomic E-state index is 12.7. The van der Waals surface area contributed by atoms with Crippen LogP contribution < -0.4 is 10.1 Å². The summed E-state index contributed by atoms with van der Waals surface area (Å²) >= 11 is 5.84. The van der Waals surface area contributed by atoms with Gasteiger partial charge in [-0.25, -0.2) is 12.7 Å². The van der Waals surface area contributed by atoms with E-state index in [9.17, 15) is 13.2 Å². The van der Waals surface area contributed by atoms with Crippen molar-refractivity contribution in [2.24, 2.45) is 5.92 Å². The second kappa shape index (κ2) is 11.5. The number of halogens is 1. The number of nitrogens with zero attached hydrogens (tertiary/aromatic N) is 1. The normalized spacial score (nSPS) is 17.3. The van der Waals surface area contributed by atoms with Gasteiger partial charge in [0.25, 0.3) is 0 Å². The Kier molecular flexibility index (Phi) is 8.75. The third-order valence-corrected chi connectivity index (χ3v) is 7.52. The summed E-state index contributed by atoms with van der Waals surface area (Å²) in [5.74, 6) is 0.340. The third kappa shape index (κ3) is 7.52. The molecule has 168 valence electrons. The van der Waals surface area contributed by atoms with Crippen LogP contribution in [0.5, 0.6) is 5.75 Å². The van der Waals surface area contributed by atoms with Crippen molar-refractivity contribution in [2.45, 2.75) is 25.7 Å². The van der Waals surface area contributed by atoms with Crippen LogP contribution in [-0.2, 0) is 21.2 Å². The van der Waals surface area contributed by atoms with Crippen LogP contribution in [0.1, 0.15) is 24.8 Å². The molecule has 6 nitrogen and oxygen atoms in total. The Morgan fingerprint density at radius 1 is 1.13 bits per heavy atom. The fourth-order valence-electron chi connectivity index (χ4n) is 3.66. The molecule has 1 heterocycles. The van der Waals surface area contributed by atoms with Crippen molar-refractivity contribution in [3.63, 3.8) is 0 Å². The number of aryl methyl sites for hydroxylation is 1. The summed E-state index contributed by atoms with van der Waals surface area (Å²) in [5.41, 5.74) is 1.13. The average Bonchev–Trinajstić information content (AvgIpc) is 2.78. The summed E-state index contributed by atoms with van der Waals surface area (Å²) in [6, 6.07) is 16.9. The number of amides is 1. The zero-order valence-corrected chi connectivity index (χ0v) is 19.1. The van der Waals surface area contributed by atoms with Crippen LogP contribution in [0.25, 0.3) is 0 Å². The summed E-state index contributed by atoms with van der Waals surface area (Å²) in [4.78, 5) is 12.5. The van der Waals surface area contributed by atoms with Gasteiger partial charge in [0.2, 0.25) is 15.9 Å². The van der Waals surface area contributed by atoms with Crippen LogP contribution in [0.4, 0.5) is 0 Å². The van der Waals surface area contributed by atoms with E-state index in [-0.39, 0.29) is 24.1 Å².